The van der Waals surface area contributed by atoms with Crippen molar-refractivity contribution in [2.75, 3.05) is 19.7 Å². The molecule has 1 heterocycles. The molecule has 0 saturated carbocycles. The van der Waals surface area contributed by atoms with E-state index in [-0.39, 0.29) is 18.6 Å². The van der Waals surface area contributed by atoms with Gasteiger partial charge in [0.25, 0.3) is 0 Å². The van der Waals surface area contributed by atoms with Gasteiger partial charge in [0.2, 0.25) is 0 Å². The van der Waals surface area contributed by atoms with Crippen LogP contribution in [-0.2, 0) is 14.3 Å². The normalized spacial score (nSPS) is 16.3. The van der Waals surface area contributed by atoms with E-state index in [4.69, 9.17) is 9.84 Å². The summed E-state index contributed by atoms with van der Waals surface area (Å²) in [6.45, 7) is 4.70. The maximum absolute atomic E-state index is 11.6. The molecule has 2 N–H and O–H groups in total. The van der Waals surface area contributed by atoms with Crippen molar-refractivity contribution in [1.82, 2.24) is 10.2 Å². The van der Waals surface area contributed by atoms with E-state index in [9.17, 15) is 14.4 Å². The number of hydrogen-bond donors (Lipinski definition) is 2. The summed E-state index contributed by atoms with van der Waals surface area (Å²) in [5.74, 6) is -0.915. The summed E-state index contributed by atoms with van der Waals surface area (Å²) in [6.07, 6.45) is 4.26. The molecule has 0 bridgehead atoms. The Morgan fingerprint density at radius 1 is 1.48 bits per heavy atom. The van der Waals surface area contributed by atoms with Crippen molar-refractivity contribution in [1.29, 1.82) is 0 Å². The second-order valence-electron chi connectivity index (χ2n) is 4.67. The van der Waals surface area contributed by atoms with Crippen LogP contribution in [0.4, 0.5) is 4.79 Å². The van der Waals surface area contributed by atoms with Crippen LogP contribution in [0.2, 0.25) is 0 Å². The number of carboxylic acids is 1. The maximum atomic E-state index is 11.6. The van der Waals surface area contributed by atoms with Crippen molar-refractivity contribution >= 4 is 18.5 Å². The number of aliphatic carboxylic acids is 1. The summed E-state index contributed by atoms with van der Waals surface area (Å²) in [4.78, 5) is 34.3. The number of amides is 2. The van der Waals surface area contributed by atoms with E-state index in [0.29, 0.717) is 32.4 Å². The van der Waals surface area contributed by atoms with Gasteiger partial charge in [-0.1, -0.05) is 12.7 Å². The molecule has 1 aliphatic rings. The second kappa shape index (κ2) is 8.95. The fourth-order valence-electron chi connectivity index (χ4n) is 2.20. The Labute approximate surface area is 117 Å². The average Bonchev–Trinajstić information content (AvgIpc) is 2.45. The molecule has 8 heteroatoms. The number of piperidine rings is 1. The minimum atomic E-state index is -1.07. The van der Waals surface area contributed by atoms with E-state index in [1.165, 1.54) is 12.5 Å². The van der Waals surface area contributed by atoms with Gasteiger partial charge < -0.3 is 24.9 Å². The van der Waals surface area contributed by atoms with Gasteiger partial charge in [0, 0.05) is 13.1 Å². The molecule has 1 rings (SSSR count). The molecule has 7 nitrogen and oxygen atoms in total. The topological polar surface area (TPSA) is 95.9 Å². The van der Waals surface area contributed by atoms with E-state index < -0.39 is 12.0 Å². The molecule has 0 aliphatic carbocycles. The number of nitrogens with zero attached hydrogens (tertiary/aromatic N) is 1. The van der Waals surface area contributed by atoms with E-state index in [1.807, 2.05) is 0 Å². The van der Waals surface area contributed by atoms with Crippen LogP contribution >= 0.6 is 0 Å². The smallest absolute Gasteiger partial charge is 0.410 e. The van der Waals surface area contributed by atoms with Gasteiger partial charge in [-0.25, -0.2) is 4.79 Å². The molecular weight excluding hydrogens is 521 g/mol. The monoisotopic (exact) mass is 540 g/mol. The third kappa shape index (κ3) is 5.63. The number of likely N-dealkylation sites (tertiary alicyclic amines) is 1. The van der Waals surface area contributed by atoms with Gasteiger partial charge in [0.05, 0.1) is 6.04 Å². The van der Waals surface area contributed by atoms with E-state index in [0.717, 1.165) is 0 Å². The summed E-state index contributed by atoms with van der Waals surface area (Å²) < 4.78 is 4.93. The zero-order valence-electron chi connectivity index (χ0n) is 11.5. The van der Waals surface area contributed by atoms with Crippen molar-refractivity contribution in [2.24, 2.45) is 5.92 Å². The summed E-state index contributed by atoms with van der Waals surface area (Å²) in [6, 6.07) is -0.920. The molecule has 1 aliphatic heterocycles. The quantitative estimate of drug-likeness (QED) is 0.279. The number of carbonyl (C=O) groups is 2. The van der Waals surface area contributed by atoms with Crippen molar-refractivity contribution in [3.05, 3.63) is 12.7 Å². The Balaban J connectivity index is 0.00000400. The first-order chi connectivity index (χ1) is 9.58. The van der Waals surface area contributed by atoms with E-state index in [2.05, 4.69) is 11.9 Å². The molecule has 2 amide bonds. The van der Waals surface area contributed by atoms with E-state index >= 15 is 0 Å². The summed E-state index contributed by atoms with van der Waals surface area (Å²) in [5, 5.41) is 11.1. The van der Waals surface area contributed by atoms with Crippen LogP contribution in [0.25, 0.3) is 0 Å². The number of carboxylic acid groups (broad SMARTS) is 1. The fraction of sp³-hybridized carbons (Fsp3) is 0.615. The number of hydrogen-bond acceptors (Lipinski definition) is 4. The molecule has 1 unspecified atom stereocenters. The van der Waals surface area contributed by atoms with E-state index in [1.54, 1.807) is 4.90 Å². The number of ether oxygens (including phenoxy) is 1. The Bertz CT molecular complexity index is 370. The van der Waals surface area contributed by atoms with Crippen molar-refractivity contribution in [3.63, 3.8) is 0 Å². The van der Waals surface area contributed by atoms with Crippen molar-refractivity contribution in [2.45, 2.75) is 25.3 Å². The third-order valence-electron chi connectivity index (χ3n) is 3.30. The van der Waals surface area contributed by atoms with Crippen LogP contribution < -0.4 is 5.32 Å². The standard InChI is InChI=1S/C13H19N2O5.Fm/c1-2-7-20-13(19)15-5-3-10(4-6-15)8-11(12(17)18)14-9-16;/h2,10-11H,1,3-8H2,(H,14,16)(H,17,18);/q-1;. The van der Waals surface area contributed by atoms with Crippen LogP contribution in [0.1, 0.15) is 19.3 Å². The Hall–Kier alpha value is -3.05. The minimum Gasteiger partial charge on any atom is -0.520 e. The first-order valence-corrected chi connectivity index (χ1v) is 6.46. The molecule has 0 aromatic carbocycles. The number of carbonyl (C=O) groups excluding carboxylic acids is 2. The maximum Gasteiger partial charge on any atom is 0.410 e. The van der Waals surface area contributed by atoms with Crippen molar-refractivity contribution in [3.8, 4) is 0 Å². The van der Waals surface area contributed by atoms with Gasteiger partial charge in [-0.05, 0) is 25.2 Å². The van der Waals surface area contributed by atoms with Crippen LogP contribution in [0.3, 0.4) is 0 Å². The predicted molar refractivity (Wildman–Crippen MR) is 70.7 cm³/mol. The van der Waals surface area contributed by atoms with Crippen LogP contribution in [0, 0.1) is 5.92 Å². The average molecular weight is 540 g/mol. The molecule has 1 atom stereocenters. The van der Waals surface area contributed by atoms with Gasteiger partial charge in [0.1, 0.15) is 6.61 Å². The first-order valence-electron chi connectivity index (χ1n) is 6.46. The van der Waals surface area contributed by atoms with Crippen LogP contribution in [0.5, 0.6) is 0 Å². The van der Waals surface area contributed by atoms with Crippen LogP contribution in [0.15, 0.2) is 12.7 Å². The summed E-state index contributed by atoms with van der Waals surface area (Å²) in [7, 11) is 0. The van der Waals surface area contributed by atoms with Gasteiger partial charge in [-0.15, -0.1) is 0 Å². The molecular formula is C13H19FmN2O5-. The fourth-order valence-corrected chi connectivity index (χ4v) is 2.20. The van der Waals surface area contributed by atoms with Crippen LogP contribution in [-0.4, -0.2) is 54.2 Å². The largest absolute Gasteiger partial charge is 0.520 e. The molecule has 124 valence electrons. The Morgan fingerprint density at radius 3 is 2.57 bits per heavy atom. The zero-order valence-corrected chi connectivity index (χ0v) is 13.9. The molecule has 1 fully saturated rings. The number of nitrogens with one attached hydrogen (secondary N) is 1. The minimum absolute atomic E-state index is 0. The molecule has 0 radical (unpaired) electrons. The molecule has 0 aromatic rings. The van der Waals surface area contributed by atoms with Gasteiger partial charge in [-0.2, -0.15) is 6.41 Å². The predicted octanol–water partition coefficient (Wildman–Crippen LogP) is 0.521. The van der Waals surface area contributed by atoms with Gasteiger partial charge >= 0.3 is 12.1 Å². The van der Waals surface area contributed by atoms with Gasteiger partial charge in [-0.3, -0.25) is 4.79 Å². The zero-order chi connectivity index (χ0) is 15.0. The molecule has 0 spiro atoms. The molecule has 1 saturated heterocycles. The summed E-state index contributed by atoms with van der Waals surface area (Å²) >= 11 is 0. The Kier molecular flexibility index (Phi) is 7.65. The first kappa shape index (κ1) is 17.9. The van der Waals surface area contributed by atoms with Gasteiger partial charge in [0.15, 0.2) is 0 Å². The number of rotatable bonds is 7. The van der Waals surface area contributed by atoms with Crippen molar-refractivity contribution < 1.29 is 24.2 Å². The SMILES string of the molecule is C=CCOC(=O)N1CCC(CC(N[C-]=O)C(=O)O)CC1.[Fm]. The Morgan fingerprint density at radius 2 is 2.10 bits per heavy atom. The summed E-state index contributed by atoms with van der Waals surface area (Å²) in [5.41, 5.74) is 0. The molecule has 0 aromatic heterocycles. The second-order valence-corrected chi connectivity index (χ2v) is 4.67. The molecule has 21 heavy (non-hydrogen) atoms. The third-order valence-corrected chi connectivity index (χ3v) is 3.30.